The van der Waals surface area contributed by atoms with Gasteiger partial charge in [-0.15, -0.1) is 0 Å². The Morgan fingerprint density at radius 1 is 1.30 bits per heavy atom. The van der Waals surface area contributed by atoms with Gasteiger partial charge in [0.1, 0.15) is 11.3 Å². The van der Waals surface area contributed by atoms with Gasteiger partial charge in [-0.2, -0.15) is 0 Å². The summed E-state index contributed by atoms with van der Waals surface area (Å²) in [6, 6.07) is 4.81. The molecule has 0 spiro atoms. The van der Waals surface area contributed by atoms with Crippen LogP contribution >= 0.6 is 0 Å². The Morgan fingerprint density at radius 3 is 2.90 bits per heavy atom. The van der Waals surface area contributed by atoms with Crippen molar-refractivity contribution in [2.45, 2.75) is 25.7 Å². The second-order valence-electron chi connectivity index (χ2n) is 4.97. The first kappa shape index (κ1) is 12.8. The summed E-state index contributed by atoms with van der Waals surface area (Å²) >= 11 is 0. The highest BCUT2D eigenvalue weighted by molar-refractivity contribution is 5.94. The number of hydrogen-bond donors (Lipinski definition) is 1. The number of para-hydroxylation sites is 1. The van der Waals surface area contributed by atoms with Crippen LogP contribution in [0, 0.1) is 5.82 Å². The van der Waals surface area contributed by atoms with Crippen molar-refractivity contribution in [3.05, 3.63) is 46.9 Å². The summed E-state index contributed by atoms with van der Waals surface area (Å²) in [6.45, 7) is 0. The molecule has 0 unspecified atom stereocenters. The molecule has 1 aromatic heterocycles. The fourth-order valence-corrected chi connectivity index (χ4v) is 2.79. The lowest BCUT2D eigenvalue weighted by atomic mass is 9.89. The van der Waals surface area contributed by atoms with Crippen LogP contribution in [0.5, 0.6) is 0 Å². The third kappa shape index (κ3) is 2.18. The Labute approximate surface area is 115 Å². The molecule has 2 aromatic rings. The number of aliphatic carboxylic acids is 1. The van der Waals surface area contributed by atoms with Crippen LogP contribution in [0.4, 0.5) is 4.39 Å². The second kappa shape index (κ2) is 5.04. The van der Waals surface area contributed by atoms with E-state index in [1.807, 2.05) is 0 Å². The number of rotatable bonds is 2. The minimum absolute atomic E-state index is 0.332. The highest BCUT2D eigenvalue weighted by Crippen LogP contribution is 2.31. The predicted octanol–water partition coefficient (Wildman–Crippen LogP) is 3.35. The number of halogens is 1. The average Bonchev–Trinajstić information content (AvgIpc) is 2.44. The maximum atomic E-state index is 13.9. The second-order valence-corrected chi connectivity index (χ2v) is 4.97. The normalized spacial score (nSPS) is 14.7. The Balaban J connectivity index is 2.32. The summed E-state index contributed by atoms with van der Waals surface area (Å²) in [7, 11) is 0. The predicted molar refractivity (Wildman–Crippen MR) is 75.0 cm³/mol. The van der Waals surface area contributed by atoms with E-state index in [4.69, 9.17) is 5.11 Å². The van der Waals surface area contributed by atoms with E-state index in [1.54, 1.807) is 18.2 Å². The zero-order valence-electron chi connectivity index (χ0n) is 10.9. The quantitative estimate of drug-likeness (QED) is 0.852. The van der Waals surface area contributed by atoms with E-state index >= 15 is 0 Å². The highest BCUT2D eigenvalue weighted by atomic mass is 19.1. The van der Waals surface area contributed by atoms with Crippen molar-refractivity contribution in [2.75, 3.05) is 0 Å². The van der Waals surface area contributed by atoms with Gasteiger partial charge in [0.2, 0.25) is 0 Å². The van der Waals surface area contributed by atoms with Crippen LogP contribution in [0.25, 0.3) is 17.0 Å². The molecule has 0 aliphatic heterocycles. The van der Waals surface area contributed by atoms with Crippen LogP contribution in [0.3, 0.4) is 0 Å². The number of pyridine rings is 1. The van der Waals surface area contributed by atoms with Gasteiger partial charge in [-0.3, -0.25) is 0 Å². The molecule has 1 N–H and O–H groups in total. The molecule has 0 saturated carbocycles. The van der Waals surface area contributed by atoms with Crippen molar-refractivity contribution in [1.82, 2.24) is 4.98 Å². The molecule has 1 heterocycles. The smallest absolute Gasteiger partial charge is 0.328 e. The van der Waals surface area contributed by atoms with Crippen LogP contribution in [0.1, 0.15) is 29.7 Å². The Kier molecular flexibility index (Phi) is 3.22. The van der Waals surface area contributed by atoms with Crippen LogP contribution in [0.15, 0.2) is 24.3 Å². The highest BCUT2D eigenvalue weighted by Gasteiger charge is 2.18. The van der Waals surface area contributed by atoms with Crippen molar-refractivity contribution in [1.29, 1.82) is 0 Å². The van der Waals surface area contributed by atoms with Gasteiger partial charge in [0.25, 0.3) is 0 Å². The molecule has 3 rings (SSSR count). The molecule has 4 heteroatoms. The maximum Gasteiger partial charge on any atom is 0.328 e. The number of aryl methyl sites for hydroxylation is 1. The molecule has 20 heavy (non-hydrogen) atoms. The zero-order chi connectivity index (χ0) is 14.1. The summed E-state index contributed by atoms with van der Waals surface area (Å²) in [6.07, 6.45) is 6.47. The first-order valence-corrected chi connectivity index (χ1v) is 6.68. The SMILES string of the molecule is O=C(O)/C=C/c1c2c(nc3c(F)cccc13)CCCC2. The Morgan fingerprint density at radius 2 is 2.10 bits per heavy atom. The molecule has 0 saturated heterocycles. The van der Waals surface area contributed by atoms with Crippen molar-refractivity contribution < 1.29 is 14.3 Å². The number of carbonyl (C=O) groups is 1. The summed E-state index contributed by atoms with van der Waals surface area (Å²) in [5.74, 6) is -1.36. The minimum atomic E-state index is -1.00. The van der Waals surface area contributed by atoms with Gasteiger partial charge in [0.05, 0.1) is 0 Å². The third-order valence-corrected chi connectivity index (χ3v) is 3.68. The van der Waals surface area contributed by atoms with Gasteiger partial charge in [-0.25, -0.2) is 14.2 Å². The standard InChI is InChI=1S/C16H14FNO2/c17-13-6-3-5-12-10(8-9-15(19)20)11-4-1-2-7-14(11)18-16(12)13/h3,5-6,8-9H,1-2,4,7H2,(H,19,20)/b9-8+. The number of carboxylic acid groups (broad SMARTS) is 1. The van der Waals surface area contributed by atoms with Crippen molar-refractivity contribution in [3.63, 3.8) is 0 Å². The number of nitrogens with zero attached hydrogens (tertiary/aromatic N) is 1. The largest absolute Gasteiger partial charge is 0.478 e. The molecule has 0 amide bonds. The molecule has 0 radical (unpaired) electrons. The van der Waals surface area contributed by atoms with E-state index in [-0.39, 0.29) is 5.82 Å². The zero-order valence-corrected chi connectivity index (χ0v) is 10.9. The number of benzene rings is 1. The van der Waals surface area contributed by atoms with Crippen LogP contribution in [-0.4, -0.2) is 16.1 Å². The lowest BCUT2D eigenvalue weighted by Crippen LogP contribution is -2.09. The van der Waals surface area contributed by atoms with Crippen LogP contribution in [-0.2, 0) is 17.6 Å². The van der Waals surface area contributed by atoms with E-state index in [9.17, 15) is 9.18 Å². The van der Waals surface area contributed by atoms with Gasteiger partial charge in [-0.1, -0.05) is 12.1 Å². The van der Waals surface area contributed by atoms with E-state index in [0.717, 1.165) is 48.6 Å². The number of fused-ring (bicyclic) bond motifs is 2. The molecule has 1 aliphatic rings. The fourth-order valence-electron chi connectivity index (χ4n) is 2.79. The molecule has 1 aromatic carbocycles. The van der Waals surface area contributed by atoms with Crippen molar-refractivity contribution in [2.24, 2.45) is 0 Å². The summed E-state index contributed by atoms with van der Waals surface area (Å²) in [5.41, 5.74) is 3.09. The first-order valence-electron chi connectivity index (χ1n) is 6.68. The summed E-state index contributed by atoms with van der Waals surface area (Å²) in [4.78, 5) is 15.2. The van der Waals surface area contributed by atoms with Gasteiger partial charge < -0.3 is 5.11 Å². The Bertz CT molecular complexity index is 722. The minimum Gasteiger partial charge on any atom is -0.478 e. The Hall–Kier alpha value is -2.23. The summed E-state index contributed by atoms with van der Waals surface area (Å²) < 4.78 is 13.9. The van der Waals surface area contributed by atoms with E-state index in [1.165, 1.54) is 6.07 Å². The fraction of sp³-hybridized carbons (Fsp3) is 0.250. The molecule has 102 valence electrons. The first-order chi connectivity index (χ1) is 9.66. The summed E-state index contributed by atoms with van der Waals surface area (Å²) in [5, 5.41) is 9.51. The molecular weight excluding hydrogens is 257 g/mol. The maximum absolute atomic E-state index is 13.9. The van der Waals surface area contributed by atoms with Crippen molar-refractivity contribution >= 4 is 22.9 Å². The van der Waals surface area contributed by atoms with Gasteiger partial charge in [0, 0.05) is 17.2 Å². The lowest BCUT2D eigenvalue weighted by Gasteiger charge is -2.19. The third-order valence-electron chi connectivity index (χ3n) is 3.68. The van der Waals surface area contributed by atoms with Gasteiger partial charge >= 0.3 is 5.97 Å². The van der Waals surface area contributed by atoms with Gasteiger partial charge in [-0.05, 0) is 49.0 Å². The monoisotopic (exact) mass is 271 g/mol. The molecule has 3 nitrogen and oxygen atoms in total. The number of aromatic nitrogens is 1. The van der Waals surface area contributed by atoms with Crippen LogP contribution in [0.2, 0.25) is 0 Å². The lowest BCUT2D eigenvalue weighted by molar-refractivity contribution is -0.131. The number of carboxylic acids is 1. The molecular formula is C16H14FNO2. The van der Waals surface area contributed by atoms with Crippen molar-refractivity contribution in [3.8, 4) is 0 Å². The van der Waals surface area contributed by atoms with E-state index in [0.29, 0.717) is 10.9 Å². The molecule has 0 bridgehead atoms. The average molecular weight is 271 g/mol. The molecule has 0 atom stereocenters. The number of hydrogen-bond acceptors (Lipinski definition) is 2. The van der Waals surface area contributed by atoms with Crippen LogP contribution < -0.4 is 0 Å². The van der Waals surface area contributed by atoms with E-state index < -0.39 is 5.97 Å². The van der Waals surface area contributed by atoms with Gasteiger partial charge in [0.15, 0.2) is 0 Å². The molecule has 0 fully saturated rings. The molecule has 1 aliphatic carbocycles. The topological polar surface area (TPSA) is 50.2 Å². The van der Waals surface area contributed by atoms with E-state index in [2.05, 4.69) is 4.98 Å².